The summed E-state index contributed by atoms with van der Waals surface area (Å²) in [6.07, 6.45) is 5.62. The van der Waals surface area contributed by atoms with Crippen LogP contribution in [0.4, 0.5) is 0 Å². The molecule has 2 aromatic heterocycles. The number of rotatable bonds is 5. The van der Waals surface area contributed by atoms with Crippen LogP contribution in [0.2, 0.25) is 0 Å². The van der Waals surface area contributed by atoms with Crippen molar-refractivity contribution in [1.29, 1.82) is 0 Å². The molecule has 0 radical (unpaired) electrons. The maximum atomic E-state index is 4.35. The lowest BCUT2D eigenvalue weighted by molar-refractivity contribution is 0.512. The molecule has 1 atom stereocenters. The summed E-state index contributed by atoms with van der Waals surface area (Å²) in [7, 11) is 0. The van der Waals surface area contributed by atoms with Crippen LogP contribution in [0, 0.1) is 0 Å². The van der Waals surface area contributed by atoms with Crippen molar-refractivity contribution in [2.45, 2.75) is 39.4 Å². The van der Waals surface area contributed by atoms with E-state index >= 15 is 0 Å². The Morgan fingerprint density at radius 3 is 2.78 bits per heavy atom. The van der Waals surface area contributed by atoms with Gasteiger partial charge < -0.3 is 9.88 Å². The van der Waals surface area contributed by atoms with Crippen LogP contribution in [0.5, 0.6) is 0 Å². The fraction of sp³-hybridized carbons (Fsp3) is 0.429. The number of imidazole rings is 1. The molecule has 4 nitrogen and oxygen atoms in total. The van der Waals surface area contributed by atoms with Gasteiger partial charge in [-0.05, 0) is 32.9 Å². The van der Waals surface area contributed by atoms with Gasteiger partial charge in [-0.25, -0.2) is 4.98 Å². The summed E-state index contributed by atoms with van der Waals surface area (Å²) in [5.74, 6) is 0. The van der Waals surface area contributed by atoms with Crippen LogP contribution in [0.15, 0.2) is 36.9 Å². The Morgan fingerprint density at radius 2 is 2.11 bits per heavy atom. The van der Waals surface area contributed by atoms with Crippen molar-refractivity contribution in [3.63, 3.8) is 0 Å². The molecule has 0 saturated carbocycles. The molecule has 0 aliphatic carbocycles. The van der Waals surface area contributed by atoms with Gasteiger partial charge in [-0.15, -0.1) is 0 Å². The topological polar surface area (TPSA) is 42.7 Å². The number of nitrogens with zero attached hydrogens (tertiary/aromatic N) is 3. The minimum absolute atomic E-state index is 0.238. The Kier molecular flexibility index (Phi) is 4.10. The average molecular weight is 244 g/mol. The summed E-state index contributed by atoms with van der Waals surface area (Å²) in [6.45, 7) is 7.25. The standard InChI is InChI=1S/C14H20N4/c1-11(2)18-10-15-8-13(18)9-17-12(3)14-6-4-5-7-16-14/h4-8,10-12,17H,9H2,1-3H3/t12-/m0/s1. The summed E-state index contributed by atoms with van der Waals surface area (Å²) >= 11 is 0. The zero-order valence-electron chi connectivity index (χ0n) is 11.2. The van der Waals surface area contributed by atoms with Crippen molar-refractivity contribution in [3.05, 3.63) is 48.3 Å². The molecule has 18 heavy (non-hydrogen) atoms. The summed E-state index contributed by atoms with van der Waals surface area (Å²) in [4.78, 5) is 8.55. The van der Waals surface area contributed by atoms with Gasteiger partial charge in [-0.2, -0.15) is 0 Å². The van der Waals surface area contributed by atoms with Crippen LogP contribution < -0.4 is 5.32 Å². The Hall–Kier alpha value is -1.68. The largest absolute Gasteiger partial charge is 0.331 e. The molecule has 0 unspecified atom stereocenters. The predicted octanol–water partition coefficient (Wildman–Crippen LogP) is 2.71. The van der Waals surface area contributed by atoms with Gasteiger partial charge in [0.05, 0.1) is 17.7 Å². The number of nitrogens with one attached hydrogen (secondary N) is 1. The van der Waals surface area contributed by atoms with E-state index in [0.29, 0.717) is 6.04 Å². The third-order valence-corrected chi connectivity index (χ3v) is 3.02. The van der Waals surface area contributed by atoms with Gasteiger partial charge in [0.25, 0.3) is 0 Å². The molecule has 0 aliphatic heterocycles. The summed E-state index contributed by atoms with van der Waals surface area (Å²) in [6, 6.07) is 6.66. The number of aromatic nitrogens is 3. The van der Waals surface area contributed by atoms with Crippen LogP contribution in [-0.4, -0.2) is 14.5 Å². The zero-order chi connectivity index (χ0) is 13.0. The first-order valence-electron chi connectivity index (χ1n) is 6.33. The molecule has 2 aromatic rings. The van der Waals surface area contributed by atoms with Gasteiger partial charge in [-0.3, -0.25) is 4.98 Å². The first-order valence-corrected chi connectivity index (χ1v) is 6.33. The van der Waals surface area contributed by atoms with E-state index in [9.17, 15) is 0 Å². The lowest BCUT2D eigenvalue weighted by Crippen LogP contribution is -2.21. The molecule has 2 rings (SSSR count). The van der Waals surface area contributed by atoms with Gasteiger partial charge >= 0.3 is 0 Å². The van der Waals surface area contributed by atoms with Gasteiger partial charge in [0.2, 0.25) is 0 Å². The Morgan fingerprint density at radius 1 is 1.28 bits per heavy atom. The summed E-state index contributed by atoms with van der Waals surface area (Å²) < 4.78 is 2.18. The maximum absolute atomic E-state index is 4.35. The fourth-order valence-corrected chi connectivity index (χ4v) is 1.93. The van der Waals surface area contributed by atoms with Gasteiger partial charge in [0, 0.05) is 31.0 Å². The molecule has 2 heterocycles. The molecule has 0 aliphatic rings. The Bertz CT molecular complexity index is 476. The summed E-state index contributed by atoms with van der Waals surface area (Å²) in [5.41, 5.74) is 2.26. The van der Waals surface area contributed by atoms with Gasteiger partial charge in [-0.1, -0.05) is 6.07 Å². The van der Waals surface area contributed by atoms with E-state index < -0.39 is 0 Å². The third-order valence-electron chi connectivity index (χ3n) is 3.02. The van der Waals surface area contributed by atoms with E-state index in [1.807, 2.05) is 36.9 Å². The quantitative estimate of drug-likeness (QED) is 0.879. The monoisotopic (exact) mass is 244 g/mol. The van der Waals surface area contributed by atoms with Crippen molar-refractivity contribution in [3.8, 4) is 0 Å². The third kappa shape index (κ3) is 2.96. The lowest BCUT2D eigenvalue weighted by atomic mass is 10.2. The second-order valence-corrected chi connectivity index (χ2v) is 4.74. The first-order chi connectivity index (χ1) is 8.68. The SMILES string of the molecule is CC(C)n1cncc1CN[C@@H](C)c1ccccn1. The van der Waals surface area contributed by atoms with Crippen LogP contribution in [-0.2, 0) is 6.54 Å². The van der Waals surface area contributed by atoms with Crippen LogP contribution in [0.1, 0.15) is 44.2 Å². The number of pyridine rings is 1. The molecule has 0 bridgehead atoms. The highest BCUT2D eigenvalue weighted by atomic mass is 15.1. The van der Waals surface area contributed by atoms with E-state index in [1.165, 1.54) is 5.69 Å². The van der Waals surface area contributed by atoms with Crippen LogP contribution in [0.3, 0.4) is 0 Å². The van der Waals surface area contributed by atoms with E-state index in [-0.39, 0.29) is 6.04 Å². The normalized spacial score (nSPS) is 12.9. The van der Waals surface area contributed by atoms with E-state index in [4.69, 9.17) is 0 Å². The minimum Gasteiger partial charge on any atom is -0.331 e. The second kappa shape index (κ2) is 5.78. The molecule has 96 valence electrons. The average Bonchev–Trinajstić information content (AvgIpc) is 2.85. The van der Waals surface area contributed by atoms with Crippen molar-refractivity contribution in [2.24, 2.45) is 0 Å². The van der Waals surface area contributed by atoms with Crippen LogP contribution >= 0.6 is 0 Å². The second-order valence-electron chi connectivity index (χ2n) is 4.74. The minimum atomic E-state index is 0.238. The Balaban J connectivity index is 1.97. The molecule has 0 saturated heterocycles. The van der Waals surface area contributed by atoms with Crippen LogP contribution in [0.25, 0.3) is 0 Å². The Labute approximate surface area is 108 Å². The molecular formula is C14H20N4. The molecule has 4 heteroatoms. The summed E-state index contributed by atoms with van der Waals surface area (Å²) in [5, 5.41) is 3.47. The zero-order valence-corrected chi connectivity index (χ0v) is 11.2. The molecule has 0 fully saturated rings. The van der Waals surface area contributed by atoms with Gasteiger partial charge in [0.1, 0.15) is 0 Å². The van der Waals surface area contributed by atoms with Crippen molar-refractivity contribution in [1.82, 2.24) is 19.9 Å². The number of hydrogen-bond acceptors (Lipinski definition) is 3. The molecular weight excluding hydrogens is 224 g/mol. The van der Waals surface area contributed by atoms with E-state index in [0.717, 1.165) is 12.2 Å². The van der Waals surface area contributed by atoms with Gasteiger partial charge in [0.15, 0.2) is 0 Å². The highest BCUT2D eigenvalue weighted by Gasteiger charge is 2.09. The molecule has 0 aromatic carbocycles. The fourth-order valence-electron chi connectivity index (χ4n) is 1.93. The number of hydrogen-bond donors (Lipinski definition) is 1. The highest BCUT2D eigenvalue weighted by Crippen LogP contribution is 2.12. The molecule has 1 N–H and O–H groups in total. The van der Waals surface area contributed by atoms with E-state index in [2.05, 4.69) is 40.6 Å². The van der Waals surface area contributed by atoms with Crippen molar-refractivity contribution < 1.29 is 0 Å². The molecule has 0 amide bonds. The smallest absolute Gasteiger partial charge is 0.0951 e. The first kappa shape index (κ1) is 12.8. The predicted molar refractivity (Wildman–Crippen MR) is 72.1 cm³/mol. The maximum Gasteiger partial charge on any atom is 0.0951 e. The highest BCUT2D eigenvalue weighted by molar-refractivity contribution is 5.08. The van der Waals surface area contributed by atoms with Crippen molar-refractivity contribution in [2.75, 3.05) is 0 Å². The lowest BCUT2D eigenvalue weighted by Gasteiger charge is -2.16. The molecule has 0 spiro atoms. The van der Waals surface area contributed by atoms with E-state index in [1.54, 1.807) is 0 Å². The van der Waals surface area contributed by atoms with Crippen molar-refractivity contribution >= 4 is 0 Å².